The summed E-state index contributed by atoms with van der Waals surface area (Å²) in [5.74, 6) is -1.60. The minimum atomic E-state index is -0.831. The van der Waals surface area contributed by atoms with Crippen molar-refractivity contribution in [3.05, 3.63) is 51.2 Å². The maximum atomic E-state index is 11.7. The van der Waals surface area contributed by atoms with Gasteiger partial charge in [0.2, 0.25) is 0 Å². The number of hydrogen-bond donors (Lipinski definition) is 2. The van der Waals surface area contributed by atoms with Gasteiger partial charge in [0.05, 0.1) is 14.9 Å². The molecule has 2 rings (SSSR count). The van der Waals surface area contributed by atoms with Crippen LogP contribution in [0.4, 0.5) is 5.69 Å². The molecule has 2 amide bonds. The number of amides is 2. The summed E-state index contributed by atoms with van der Waals surface area (Å²) in [6.45, 7) is 3.66. The first kappa shape index (κ1) is 16.2. The summed E-state index contributed by atoms with van der Waals surface area (Å²) in [5, 5.41) is 6.39. The standard InChI is InChI=1S/C15H14ClN3O2S/c1-9-3-5-11(6-4-9)17-14(20)15(21)19-18-10(2)12-7-8-13(16)22-12/h3-8H,1-2H3,(H,17,20)(H,19,21)/b18-10-. The first-order valence-corrected chi connectivity index (χ1v) is 7.63. The average Bonchev–Trinajstić information content (AvgIpc) is 2.93. The monoisotopic (exact) mass is 335 g/mol. The number of benzene rings is 1. The van der Waals surface area contributed by atoms with Crippen LogP contribution in [0.5, 0.6) is 0 Å². The van der Waals surface area contributed by atoms with Crippen molar-refractivity contribution in [1.82, 2.24) is 5.43 Å². The molecule has 5 nitrogen and oxygen atoms in total. The number of carbonyl (C=O) groups is 2. The van der Waals surface area contributed by atoms with Gasteiger partial charge in [0.25, 0.3) is 0 Å². The fraction of sp³-hybridized carbons (Fsp3) is 0.133. The van der Waals surface area contributed by atoms with Gasteiger partial charge >= 0.3 is 11.8 Å². The van der Waals surface area contributed by atoms with Crippen LogP contribution in [0.25, 0.3) is 0 Å². The number of nitrogens with one attached hydrogen (secondary N) is 2. The van der Waals surface area contributed by atoms with Crippen LogP contribution < -0.4 is 10.7 Å². The Hall–Kier alpha value is -2.18. The minimum absolute atomic E-state index is 0.552. The Bertz CT molecular complexity index is 723. The zero-order valence-electron chi connectivity index (χ0n) is 12.0. The van der Waals surface area contributed by atoms with E-state index < -0.39 is 11.8 Å². The highest BCUT2D eigenvalue weighted by Gasteiger charge is 2.13. The van der Waals surface area contributed by atoms with Gasteiger partial charge in [-0.05, 0) is 38.1 Å². The second-order valence-electron chi connectivity index (χ2n) is 4.56. The summed E-state index contributed by atoms with van der Waals surface area (Å²) in [6, 6.07) is 10.7. The van der Waals surface area contributed by atoms with Gasteiger partial charge in [-0.25, -0.2) is 5.43 Å². The quantitative estimate of drug-likeness (QED) is 0.513. The molecule has 7 heteroatoms. The Labute approximate surface area is 137 Å². The molecule has 0 aliphatic heterocycles. The van der Waals surface area contributed by atoms with Gasteiger partial charge in [0.1, 0.15) is 0 Å². The lowest BCUT2D eigenvalue weighted by Gasteiger charge is -2.04. The van der Waals surface area contributed by atoms with Crippen LogP contribution in [-0.2, 0) is 9.59 Å². The molecule has 22 heavy (non-hydrogen) atoms. The zero-order valence-corrected chi connectivity index (χ0v) is 13.6. The molecule has 2 aromatic rings. The lowest BCUT2D eigenvalue weighted by molar-refractivity contribution is -0.136. The normalized spacial score (nSPS) is 11.1. The van der Waals surface area contributed by atoms with Crippen LogP contribution in [0.3, 0.4) is 0 Å². The molecule has 0 aliphatic carbocycles. The molecule has 1 heterocycles. The SMILES string of the molecule is C/C(=N/NC(=O)C(=O)Nc1ccc(C)cc1)c1ccc(Cl)s1. The van der Waals surface area contributed by atoms with Crippen LogP contribution in [-0.4, -0.2) is 17.5 Å². The van der Waals surface area contributed by atoms with E-state index >= 15 is 0 Å². The molecule has 0 saturated heterocycles. The van der Waals surface area contributed by atoms with Crippen LogP contribution in [0.15, 0.2) is 41.5 Å². The molecule has 0 bridgehead atoms. The zero-order chi connectivity index (χ0) is 16.1. The predicted octanol–water partition coefficient (Wildman–Crippen LogP) is 3.19. The lowest BCUT2D eigenvalue weighted by atomic mass is 10.2. The molecule has 0 aliphatic rings. The van der Waals surface area contributed by atoms with Crippen molar-refractivity contribution in [3.63, 3.8) is 0 Å². The number of carbonyl (C=O) groups excluding carboxylic acids is 2. The largest absolute Gasteiger partial charge is 0.329 e. The van der Waals surface area contributed by atoms with Crippen molar-refractivity contribution in [2.75, 3.05) is 5.32 Å². The second-order valence-corrected chi connectivity index (χ2v) is 6.28. The number of rotatable bonds is 3. The number of nitrogens with zero attached hydrogens (tertiary/aromatic N) is 1. The summed E-state index contributed by atoms with van der Waals surface area (Å²) in [5.41, 5.74) is 4.42. The third-order valence-corrected chi connectivity index (χ3v) is 4.11. The van der Waals surface area contributed by atoms with Gasteiger partial charge < -0.3 is 5.32 Å². The van der Waals surface area contributed by atoms with Crippen LogP contribution in [0, 0.1) is 6.92 Å². The van der Waals surface area contributed by atoms with E-state index in [0.717, 1.165) is 10.4 Å². The van der Waals surface area contributed by atoms with Gasteiger partial charge in [-0.1, -0.05) is 29.3 Å². The molecule has 1 aromatic carbocycles. The van der Waals surface area contributed by atoms with E-state index in [0.29, 0.717) is 15.7 Å². The number of thiophene rings is 1. The molecule has 0 atom stereocenters. The van der Waals surface area contributed by atoms with E-state index in [1.54, 1.807) is 31.2 Å². The van der Waals surface area contributed by atoms with Gasteiger partial charge in [-0.2, -0.15) is 5.10 Å². The number of hydrogen-bond acceptors (Lipinski definition) is 4. The molecule has 0 saturated carbocycles. The van der Waals surface area contributed by atoms with E-state index in [9.17, 15) is 9.59 Å². The summed E-state index contributed by atoms with van der Waals surface area (Å²) >= 11 is 7.17. The first-order valence-electron chi connectivity index (χ1n) is 6.43. The first-order chi connectivity index (χ1) is 10.5. The van der Waals surface area contributed by atoms with Crippen molar-refractivity contribution in [1.29, 1.82) is 0 Å². The predicted molar refractivity (Wildman–Crippen MR) is 89.5 cm³/mol. The van der Waals surface area contributed by atoms with Crippen molar-refractivity contribution in [2.24, 2.45) is 5.10 Å². The van der Waals surface area contributed by atoms with Crippen molar-refractivity contribution in [2.45, 2.75) is 13.8 Å². The maximum absolute atomic E-state index is 11.7. The third-order valence-electron chi connectivity index (χ3n) is 2.77. The van der Waals surface area contributed by atoms with Gasteiger partial charge in [-0.15, -0.1) is 11.3 Å². The lowest BCUT2D eigenvalue weighted by Crippen LogP contribution is -2.32. The van der Waals surface area contributed by atoms with Crippen LogP contribution in [0.2, 0.25) is 4.34 Å². The Morgan fingerprint density at radius 2 is 1.77 bits per heavy atom. The fourth-order valence-corrected chi connectivity index (χ4v) is 2.56. The minimum Gasteiger partial charge on any atom is -0.318 e. The molecule has 0 radical (unpaired) electrons. The summed E-state index contributed by atoms with van der Waals surface area (Å²) in [7, 11) is 0. The highest BCUT2D eigenvalue weighted by molar-refractivity contribution is 7.18. The Kier molecular flexibility index (Phi) is 5.30. The maximum Gasteiger partial charge on any atom is 0.329 e. The Morgan fingerprint density at radius 3 is 2.36 bits per heavy atom. The molecule has 2 N–H and O–H groups in total. The molecule has 0 spiro atoms. The molecule has 114 valence electrons. The van der Waals surface area contributed by atoms with Crippen molar-refractivity contribution in [3.8, 4) is 0 Å². The third kappa shape index (κ3) is 4.41. The van der Waals surface area contributed by atoms with Gasteiger partial charge in [-0.3, -0.25) is 9.59 Å². The molecule has 0 unspecified atom stereocenters. The number of aryl methyl sites for hydroxylation is 1. The fourth-order valence-electron chi connectivity index (χ4n) is 1.57. The number of anilines is 1. The van der Waals surface area contributed by atoms with Crippen molar-refractivity contribution < 1.29 is 9.59 Å². The Morgan fingerprint density at radius 1 is 1.09 bits per heavy atom. The average molecular weight is 336 g/mol. The van der Waals surface area contributed by atoms with E-state index in [1.807, 2.05) is 19.1 Å². The van der Waals surface area contributed by atoms with Gasteiger partial charge in [0, 0.05) is 5.69 Å². The topological polar surface area (TPSA) is 70.6 Å². The highest BCUT2D eigenvalue weighted by atomic mass is 35.5. The molecular formula is C15H14ClN3O2S. The highest BCUT2D eigenvalue weighted by Crippen LogP contribution is 2.21. The smallest absolute Gasteiger partial charge is 0.318 e. The Balaban J connectivity index is 1.94. The number of hydrazone groups is 1. The molecule has 0 fully saturated rings. The van der Waals surface area contributed by atoms with Crippen LogP contribution in [0.1, 0.15) is 17.4 Å². The second kappa shape index (κ2) is 7.20. The van der Waals surface area contributed by atoms with Gasteiger partial charge in [0.15, 0.2) is 0 Å². The van der Waals surface area contributed by atoms with E-state index in [4.69, 9.17) is 11.6 Å². The summed E-state index contributed by atoms with van der Waals surface area (Å²) in [4.78, 5) is 24.3. The van der Waals surface area contributed by atoms with E-state index in [1.165, 1.54) is 11.3 Å². The number of halogens is 1. The molecule has 1 aromatic heterocycles. The summed E-state index contributed by atoms with van der Waals surface area (Å²) < 4.78 is 0.632. The summed E-state index contributed by atoms with van der Waals surface area (Å²) in [6.07, 6.45) is 0. The van der Waals surface area contributed by atoms with E-state index in [-0.39, 0.29) is 0 Å². The molecular weight excluding hydrogens is 322 g/mol. The van der Waals surface area contributed by atoms with Crippen molar-refractivity contribution >= 4 is 46.2 Å². The van der Waals surface area contributed by atoms with Crippen LogP contribution >= 0.6 is 22.9 Å². The van der Waals surface area contributed by atoms with E-state index in [2.05, 4.69) is 15.8 Å².